The summed E-state index contributed by atoms with van der Waals surface area (Å²) in [6.45, 7) is 6.37. The van der Waals surface area contributed by atoms with Gasteiger partial charge in [0.25, 0.3) is 5.85 Å². The summed E-state index contributed by atoms with van der Waals surface area (Å²) < 4.78 is 66.6. The molecule has 1 saturated heterocycles. The van der Waals surface area contributed by atoms with Crippen molar-refractivity contribution in [3.05, 3.63) is 61.0 Å². The summed E-state index contributed by atoms with van der Waals surface area (Å²) in [7, 11) is -4.62. The number of carbonyl (C=O) groups excluding carboxylic acids is 2. The predicted molar refractivity (Wildman–Crippen MR) is 132 cm³/mol. The second-order valence-electron chi connectivity index (χ2n) is 8.99. The number of nitrogens with one attached hydrogen (secondary N) is 2. The van der Waals surface area contributed by atoms with Gasteiger partial charge in [-0.05, 0) is 32.9 Å². The van der Waals surface area contributed by atoms with E-state index in [1.54, 1.807) is 32.0 Å². The van der Waals surface area contributed by atoms with Crippen LogP contribution in [0.2, 0.25) is 0 Å². The number of hydrogen-bond donors (Lipinski definition) is 4. The number of aliphatic hydroxyl groups is 2. The van der Waals surface area contributed by atoms with Crippen LogP contribution in [0.3, 0.4) is 0 Å². The molecule has 0 aliphatic carbocycles. The van der Waals surface area contributed by atoms with Gasteiger partial charge in [0.05, 0.1) is 6.10 Å². The van der Waals surface area contributed by atoms with Crippen molar-refractivity contribution in [3.63, 3.8) is 0 Å². The number of rotatable bonds is 11. The number of hydrogen-bond acceptors (Lipinski definition) is 10. The molecule has 2 aliphatic heterocycles. The van der Waals surface area contributed by atoms with Gasteiger partial charge in [0, 0.05) is 18.4 Å². The van der Waals surface area contributed by atoms with Crippen LogP contribution in [0.1, 0.15) is 20.8 Å². The molecule has 0 aromatic heterocycles. The molecular weight excluding hydrogens is 543 g/mol. The van der Waals surface area contributed by atoms with Gasteiger partial charge in [-0.15, -0.1) is 5.73 Å². The zero-order valence-corrected chi connectivity index (χ0v) is 22.2. The molecule has 2 aliphatic rings. The highest BCUT2D eigenvalue weighted by atomic mass is 31.2. The third kappa shape index (κ3) is 6.92. The third-order valence-electron chi connectivity index (χ3n) is 5.52. The van der Waals surface area contributed by atoms with Crippen LogP contribution < -0.4 is 14.9 Å². The number of halogens is 2. The normalized spacial score (nSPS) is 30.7. The number of esters is 1. The van der Waals surface area contributed by atoms with E-state index >= 15 is 8.78 Å². The highest BCUT2D eigenvalue weighted by molar-refractivity contribution is 7.52. The molecule has 15 heteroatoms. The monoisotopic (exact) mass is 573 g/mol. The van der Waals surface area contributed by atoms with Crippen molar-refractivity contribution in [2.75, 3.05) is 6.61 Å². The van der Waals surface area contributed by atoms with Crippen molar-refractivity contribution in [3.8, 4) is 5.75 Å². The molecular formula is C24H30F2N3O9P. The van der Waals surface area contributed by atoms with Gasteiger partial charge in [-0.25, -0.2) is 13.3 Å². The Balaban J connectivity index is 1.88. The van der Waals surface area contributed by atoms with Crippen LogP contribution in [0.25, 0.3) is 0 Å². The third-order valence-corrected chi connectivity index (χ3v) is 7.14. The van der Waals surface area contributed by atoms with Crippen LogP contribution >= 0.6 is 7.75 Å². The van der Waals surface area contributed by atoms with Crippen molar-refractivity contribution in [2.24, 2.45) is 0 Å². The maximum absolute atomic E-state index is 16.0. The molecule has 0 spiro atoms. The first-order valence-electron chi connectivity index (χ1n) is 11.8. The fourth-order valence-electron chi connectivity index (χ4n) is 3.71. The molecule has 3 rings (SSSR count). The molecule has 1 amide bonds. The number of nitrogens with zero attached hydrogens (tertiary/aromatic N) is 1. The van der Waals surface area contributed by atoms with Gasteiger partial charge in [0.1, 0.15) is 18.4 Å². The molecule has 0 saturated carbocycles. The van der Waals surface area contributed by atoms with E-state index < -0.39 is 68.6 Å². The Kier molecular flexibility index (Phi) is 9.35. The van der Waals surface area contributed by atoms with E-state index in [4.69, 9.17) is 18.5 Å². The molecule has 0 bridgehead atoms. The first kappa shape index (κ1) is 30.5. The Morgan fingerprint density at radius 2 is 2.00 bits per heavy atom. The highest BCUT2D eigenvalue weighted by Crippen LogP contribution is 2.50. The molecule has 2 heterocycles. The lowest BCUT2D eigenvalue weighted by Crippen LogP contribution is -2.58. The minimum absolute atomic E-state index is 0.0168. The molecule has 39 heavy (non-hydrogen) atoms. The number of ether oxygens (including phenoxy) is 2. The van der Waals surface area contributed by atoms with Crippen LogP contribution in [-0.2, 0) is 28.2 Å². The number of amides is 1. The Morgan fingerprint density at radius 3 is 2.59 bits per heavy atom. The summed E-state index contributed by atoms with van der Waals surface area (Å²) in [5, 5.41) is 25.3. The first-order chi connectivity index (χ1) is 18.2. The van der Waals surface area contributed by atoms with Gasteiger partial charge >= 0.3 is 13.7 Å². The summed E-state index contributed by atoms with van der Waals surface area (Å²) in [5.41, 5.74) is -0.974. The van der Waals surface area contributed by atoms with Gasteiger partial charge in [-0.1, -0.05) is 24.8 Å². The topological polar surface area (TPSA) is 156 Å². The molecule has 12 nitrogen and oxygen atoms in total. The van der Waals surface area contributed by atoms with E-state index in [9.17, 15) is 24.4 Å². The molecule has 214 valence electrons. The number of benzene rings is 1. The van der Waals surface area contributed by atoms with Crippen LogP contribution in [0.4, 0.5) is 8.78 Å². The molecule has 7 atom stereocenters. The zero-order valence-electron chi connectivity index (χ0n) is 21.3. The minimum atomic E-state index is -4.62. The van der Waals surface area contributed by atoms with Crippen molar-refractivity contribution >= 4 is 19.6 Å². The Hall–Kier alpha value is -3.09. The van der Waals surface area contributed by atoms with Gasteiger partial charge in [0.15, 0.2) is 12.3 Å². The number of aliphatic hydroxyl groups excluding tert-OH is 2. The fraction of sp³-hybridized carbons (Fsp3) is 0.458. The van der Waals surface area contributed by atoms with E-state index in [1.807, 2.05) is 0 Å². The van der Waals surface area contributed by atoms with Gasteiger partial charge in [-0.3, -0.25) is 14.1 Å². The lowest BCUT2D eigenvalue weighted by atomic mass is 9.94. The molecule has 1 aromatic rings. The summed E-state index contributed by atoms with van der Waals surface area (Å²) in [6.07, 6.45) is -4.60. The Bertz CT molecular complexity index is 1180. The van der Waals surface area contributed by atoms with Gasteiger partial charge < -0.3 is 34.4 Å². The van der Waals surface area contributed by atoms with Gasteiger partial charge in [-0.2, -0.15) is 5.09 Å². The summed E-state index contributed by atoms with van der Waals surface area (Å²) in [6, 6.07) is 6.31. The summed E-state index contributed by atoms with van der Waals surface area (Å²) in [5.74, 6) is -4.90. The van der Waals surface area contributed by atoms with Crippen LogP contribution in [0.15, 0.2) is 61.0 Å². The number of para-hydroxylation sites is 1. The van der Waals surface area contributed by atoms with Crippen LogP contribution in [0, 0.1) is 0 Å². The van der Waals surface area contributed by atoms with E-state index in [-0.39, 0.29) is 5.75 Å². The highest BCUT2D eigenvalue weighted by Gasteiger charge is 2.67. The standard InChI is InChI=1S/C24H30F2N3O9P/c1-5-12-23(25)20(32)24(26,37-21(23)29-13-11-18(30)27-22(29)33)14-35-39(34,38-17-9-7-6-8-10-17)28-16(4)19(31)36-15(2)3/h6-13,15-16,20-22,32-33H,1,14H2,2-4H3,(H,27,30)(H,28,34)/t16?,20-,21+,22?,23+,24+,39?/m0/s1. The van der Waals surface area contributed by atoms with Crippen LogP contribution in [-0.4, -0.2) is 75.9 Å². The SMILES string of the molecule is C=C=C[C@]1(F)[C@H](N2C=CC(=O)NC2O)O[C@](F)(COP(=O)(NC(C)C(=O)OC(C)C)Oc2ccccc2)[C@H]1O. The second-order valence-corrected chi connectivity index (χ2v) is 10.7. The Morgan fingerprint density at radius 1 is 1.33 bits per heavy atom. The largest absolute Gasteiger partial charge is 0.462 e. The first-order valence-corrected chi connectivity index (χ1v) is 13.3. The van der Waals surface area contributed by atoms with E-state index in [0.29, 0.717) is 11.0 Å². The molecule has 4 N–H and O–H groups in total. The second kappa shape index (κ2) is 12.0. The van der Waals surface area contributed by atoms with E-state index in [1.165, 1.54) is 19.1 Å². The average Bonchev–Trinajstić information content (AvgIpc) is 3.05. The van der Waals surface area contributed by atoms with Crippen molar-refractivity contribution in [2.45, 2.75) is 63.1 Å². The quantitative estimate of drug-likeness (QED) is 0.174. The Labute approximate surface area is 223 Å². The zero-order chi connectivity index (χ0) is 29.0. The molecule has 1 aromatic carbocycles. The summed E-state index contributed by atoms with van der Waals surface area (Å²) >= 11 is 0. The molecule has 1 fully saturated rings. The summed E-state index contributed by atoms with van der Waals surface area (Å²) in [4.78, 5) is 24.5. The van der Waals surface area contributed by atoms with Gasteiger partial charge in [0.2, 0.25) is 17.9 Å². The molecule has 3 unspecified atom stereocenters. The predicted octanol–water partition coefficient (Wildman–Crippen LogP) is 1.77. The fourth-order valence-corrected chi connectivity index (χ4v) is 5.22. The number of carbonyl (C=O) groups is 2. The minimum Gasteiger partial charge on any atom is -0.462 e. The lowest BCUT2D eigenvalue weighted by molar-refractivity contribution is -0.224. The van der Waals surface area contributed by atoms with Crippen molar-refractivity contribution in [1.29, 1.82) is 0 Å². The van der Waals surface area contributed by atoms with E-state index in [2.05, 4.69) is 22.7 Å². The maximum atomic E-state index is 16.0. The van der Waals surface area contributed by atoms with Crippen molar-refractivity contribution < 1.29 is 51.7 Å². The van der Waals surface area contributed by atoms with E-state index in [0.717, 1.165) is 12.3 Å². The van der Waals surface area contributed by atoms with Crippen LogP contribution in [0.5, 0.6) is 5.75 Å². The smallest absolute Gasteiger partial charge is 0.459 e. The lowest BCUT2D eigenvalue weighted by Gasteiger charge is -2.37. The maximum Gasteiger partial charge on any atom is 0.459 e. The average molecular weight is 573 g/mol. The number of alkyl halides is 2. The van der Waals surface area contributed by atoms with Crippen molar-refractivity contribution in [1.82, 2.24) is 15.3 Å². The molecule has 0 radical (unpaired) electrons.